The first-order chi connectivity index (χ1) is 10.4. The van der Waals surface area contributed by atoms with Crippen LogP contribution in [0.15, 0.2) is 24.3 Å². The molecule has 0 unspecified atom stereocenters. The molecule has 7 nitrogen and oxygen atoms in total. The van der Waals surface area contributed by atoms with E-state index < -0.39 is 17.9 Å². The quantitative estimate of drug-likeness (QED) is 0.555. The summed E-state index contributed by atoms with van der Waals surface area (Å²) in [4.78, 5) is 33.6. The van der Waals surface area contributed by atoms with Crippen molar-refractivity contribution >= 4 is 17.8 Å². The first kappa shape index (κ1) is 17.5. The lowest BCUT2D eigenvalue weighted by atomic mass is 10.1. The third kappa shape index (κ3) is 6.74. The lowest BCUT2D eigenvalue weighted by Gasteiger charge is -2.16. The predicted molar refractivity (Wildman–Crippen MR) is 79.3 cm³/mol. The van der Waals surface area contributed by atoms with Crippen molar-refractivity contribution in [1.82, 2.24) is 10.6 Å². The number of carbonyl (C=O) groups excluding carboxylic acids is 2. The lowest BCUT2D eigenvalue weighted by Crippen LogP contribution is -2.46. The summed E-state index contributed by atoms with van der Waals surface area (Å²) in [6, 6.07) is 5.76. The van der Waals surface area contributed by atoms with Crippen molar-refractivity contribution in [1.29, 1.82) is 0 Å². The zero-order valence-electron chi connectivity index (χ0n) is 12.3. The molecule has 120 valence electrons. The molecule has 0 aliphatic heterocycles. The van der Waals surface area contributed by atoms with E-state index in [1.165, 1.54) is 6.92 Å². The molecule has 4 N–H and O–H groups in total. The molecule has 1 atom stereocenters. The Morgan fingerprint density at radius 2 is 1.82 bits per heavy atom. The lowest BCUT2D eigenvalue weighted by molar-refractivity contribution is -0.137. The van der Waals surface area contributed by atoms with Gasteiger partial charge in [-0.2, -0.15) is 0 Å². The molecule has 1 aromatic rings. The van der Waals surface area contributed by atoms with Crippen LogP contribution in [0, 0.1) is 0 Å². The molecule has 0 saturated heterocycles. The van der Waals surface area contributed by atoms with Gasteiger partial charge < -0.3 is 20.8 Å². The molecule has 0 heterocycles. The van der Waals surface area contributed by atoms with E-state index in [1.807, 2.05) is 0 Å². The van der Waals surface area contributed by atoms with Gasteiger partial charge in [-0.3, -0.25) is 14.4 Å². The molecule has 1 aromatic carbocycles. The van der Waals surface area contributed by atoms with E-state index in [0.29, 0.717) is 13.0 Å². The number of benzene rings is 1. The fourth-order valence-corrected chi connectivity index (χ4v) is 1.90. The number of hydrogen-bond acceptors (Lipinski definition) is 4. The Morgan fingerprint density at radius 3 is 2.36 bits per heavy atom. The van der Waals surface area contributed by atoms with Crippen LogP contribution in [0.4, 0.5) is 0 Å². The number of rotatable bonds is 8. The van der Waals surface area contributed by atoms with Crippen molar-refractivity contribution in [3.05, 3.63) is 29.8 Å². The Bertz CT molecular complexity index is 527. The average molecular weight is 308 g/mol. The second-order valence-electron chi connectivity index (χ2n) is 4.89. The van der Waals surface area contributed by atoms with E-state index in [1.54, 1.807) is 24.3 Å². The van der Waals surface area contributed by atoms with Crippen molar-refractivity contribution in [2.45, 2.75) is 32.2 Å². The number of carbonyl (C=O) groups is 3. The van der Waals surface area contributed by atoms with Crippen molar-refractivity contribution in [3.8, 4) is 5.75 Å². The molecule has 0 aliphatic carbocycles. The Kier molecular flexibility index (Phi) is 6.88. The average Bonchev–Trinajstić information content (AvgIpc) is 2.45. The predicted octanol–water partition coefficient (Wildman–Crippen LogP) is 0.420. The summed E-state index contributed by atoms with van der Waals surface area (Å²) in [5, 5.41) is 22.9. The van der Waals surface area contributed by atoms with Crippen LogP contribution in [-0.2, 0) is 20.8 Å². The zero-order chi connectivity index (χ0) is 16.5. The minimum absolute atomic E-state index is 0.0416. The number of aromatic hydroxyl groups is 1. The summed E-state index contributed by atoms with van der Waals surface area (Å²) >= 11 is 0. The molecule has 1 rings (SSSR count). The van der Waals surface area contributed by atoms with Crippen molar-refractivity contribution in [3.63, 3.8) is 0 Å². The summed E-state index contributed by atoms with van der Waals surface area (Å²) in [5.41, 5.74) is 0.944. The minimum Gasteiger partial charge on any atom is -0.508 e. The van der Waals surface area contributed by atoms with Crippen molar-refractivity contribution < 1.29 is 24.6 Å². The Hall–Kier alpha value is -2.57. The Balaban J connectivity index is 2.45. The molecule has 0 aromatic heterocycles. The smallest absolute Gasteiger partial charge is 0.303 e. The molecule has 0 radical (unpaired) electrons. The molecule has 0 aliphatic rings. The topological polar surface area (TPSA) is 116 Å². The number of phenolic OH excluding ortho intramolecular Hbond substituents is 1. The van der Waals surface area contributed by atoms with Crippen molar-refractivity contribution in [2.24, 2.45) is 0 Å². The van der Waals surface area contributed by atoms with Crippen LogP contribution in [0.5, 0.6) is 5.75 Å². The second-order valence-corrected chi connectivity index (χ2v) is 4.89. The Morgan fingerprint density at radius 1 is 1.18 bits per heavy atom. The highest BCUT2D eigenvalue weighted by Gasteiger charge is 2.19. The fraction of sp³-hybridized carbons (Fsp3) is 0.400. The second kappa shape index (κ2) is 8.66. The van der Waals surface area contributed by atoms with Gasteiger partial charge in [0, 0.05) is 19.9 Å². The highest BCUT2D eigenvalue weighted by atomic mass is 16.4. The number of carboxylic acids is 1. The minimum atomic E-state index is -1.02. The molecule has 7 heteroatoms. The van der Waals surface area contributed by atoms with E-state index in [-0.39, 0.29) is 24.5 Å². The Labute approximate surface area is 128 Å². The van der Waals surface area contributed by atoms with Gasteiger partial charge in [-0.25, -0.2) is 0 Å². The van der Waals surface area contributed by atoms with E-state index in [9.17, 15) is 19.5 Å². The molecule has 2 amide bonds. The van der Waals surface area contributed by atoms with E-state index in [4.69, 9.17) is 5.11 Å². The summed E-state index contributed by atoms with van der Waals surface area (Å²) < 4.78 is 0. The fourth-order valence-electron chi connectivity index (χ4n) is 1.90. The van der Waals surface area contributed by atoms with Crippen LogP contribution >= 0.6 is 0 Å². The number of nitrogens with one attached hydrogen (secondary N) is 2. The maximum Gasteiger partial charge on any atom is 0.303 e. The van der Waals surface area contributed by atoms with E-state index in [2.05, 4.69) is 10.6 Å². The molecule has 0 spiro atoms. The maximum absolute atomic E-state index is 12.0. The van der Waals surface area contributed by atoms with Gasteiger partial charge in [-0.1, -0.05) is 12.1 Å². The molecule has 22 heavy (non-hydrogen) atoms. The maximum atomic E-state index is 12.0. The van der Waals surface area contributed by atoms with Crippen LogP contribution in [0.2, 0.25) is 0 Å². The van der Waals surface area contributed by atoms with Crippen molar-refractivity contribution in [2.75, 3.05) is 6.54 Å². The van der Waals surface area contributed by atoms with Gasteiger partial charge in [-0.15, -0.1) is 0 Å². The number of amides is 2. The standard InChI is InChI=1S/C15H20N2O5/c1-10(18)17-13(6-7-14(20)21)15(22)16-9-8-11-2-4-12(19)5-3-11/h2-5,13,19H,6-9H2,1H3,(H,16,22)(H,17,18)(H,20,21)/t13-/m1/s1. The highest BCUT2D eigenvalue weighted by molar-refractivity contribution is 5.87. The number of hydrogen-bond donors (Lipinski definition) is 4. The van der Waals surface area contributed by atoms with Gasteiger partial charge in [0.1, 0.15) is 11.8 Å². The molecular formula is C15H20N2O5. The number of carboxylic acid groups (broad SMARTS) is 1. The zero-order valence-corrected chi connectivity index (χ0v) is 12.3. The number of aliphatic carboxylic acids is 1. The van der Waals surface area contributed by atoms with Gasteiger partial charge in [-0.05, 0) is 30.5 Å². The third-order valence-electron chi connectivity index (χ3n) is 2.99. The monoisotopic (exact) mass is 308 g/mol. The van der Waals surface area contributed by atoms with Crippen LogP contribution in [-0.4, -0.2) is 40.6 Å². The first-order valence-corrected chi connectivity index (χ1v) is 6.93. The van der Waals surface area contributed by atoms with Gasteiger partial charge in [0.05, 0.1) is 0 Å². The van der Waals surface area contributed by atoms with Gasteiger partial charge in [0.15, 0.2) is 0 Å². The molecule has 0 fully saturated rings. The molecular weight excluding hydrogens is 288 g/mol. The SMILES string of the molecule is CC(=O)N[C@H](CCC(=O)O)C(=O)NCCc1ccc(O)cc1. The van der Waals surface area contributed by atoms with E-state index in [0.717, 1.165) is 5.56 Å². The van der Waals surface area contributed by atoms with Crippen LogP contribution in [0.3, 0.4) is 0 Å². The first-order valence-electron chi connectivity index (χ1n) is 6.93. The van der Waals surface area contributed by atoms with Crippen LogP contribution in [0.25, 0.3) is 0 Å². The van der Waals surface area contributed by atoms with Gasteiger partial charge >= 0.3 is 5.97 Å². The largest absolute Gasteiger partial charge is 0.508 e. The highest BCUT2D eigenvalue weighted by Crippen LogP contribution is 2.09. The molecule has 0 bridgehead atoms. The van der Waals surface area contributed by atoms with Gasteiger partial charge in [0.2, 0.25) is 11.8 Å². The summed E-state index contributed by atoms with van der Waals surface area (Å²) in [6.45, 7) is 1.63. The van der Waals surface area contributed by atoms with Gasteiger partial charge in [0.25, 0.3) is 0 Å². The third-order valence-corrected chi connectivity index (χ3v) is 2.99. The van der Waals surface area contributed by atoms with E-state index >= 15 is 0 Å². The summed E-state index contributed by atoms with van der Waals surface area (Å²) in [5.74, 6) is -1.64. The normalized spacial score (nSPS) is 11.5. The summed E-state index contributed by atoms with van der Waals surface area (Å²) in [7, 11) is 0. The summed E-state index contributed by atoms with van der Waals surface area (Å²) in [6.07, 6.45) is 0.411. The van der Waals surface area contributed by atoms with Crippen LogP contribution < -0.4 is 10.6 Å². The van der Waals surface area contributed by atoms with Crippen LogP contribution in [0.1, 0.15) is 25.3 Å². The number of phenols is 1. The molecule has 0 saturated carbocycles.